The first kappa shape index (κ1) is 16.9. The van der Waals surface area contributed by atoms with Gasteiger partial charge in [-0.1, -0.05) is 0 Å². The summed E-state index contributed by atoms with van der Waals surface area (Å²) in [6, 6.07) is 8.40. The van der Waals surface area contributed by atoms with Crippen molar-refractivity contribution in [1.29, 1.82) is 0 Å². The van der Waals surface area contributed by atoms with Crippen molar-refractivity contribution in [2.45, 2.75) is 19.8 Å². The van der Waals surface area contributed by atoms with Crippen molar-refractivity contribution >= 4 is 34.7 Å². The summed E-state index contributed by atoms with van der Waals surface area (Å²) in [5.41, 5.74) is 2.14. The number of thiophene rings is 1. The van der Waals surface area contributed by atoms with Crippen molar-refractivity contribution in [3.63, 3.8) is 0 Å². The maximum absolute atomic E-state index is 12.0. The minimum absolute atomic E-state index is 0.177. The lowest BCUT2D eigenvalue weighted by Crippen LogP contribution is -2.14. The molecule has 2 rings (SSSR count). The fourth-order valence-electron chi connectivity index (χ4n) is 1.93. The molecular weight excluding hydrogens is 314 g/mol. The van der Waals surface area contributed by atoms with E-state index in [1.165, 1.54) is 6.92 Å². The third kappa shape index (κ3) is 5.67. The average molecular weight is 331 g/mol. The summed E-state index contributed by atoms with van der Waals surface area (Å²) >= 11 is 1.58. The molecule has 0 aliphatic carbocycles. The van der Waals surface area contributed by atoms with Crippen LogP contribution >= 0.6 is 11.3 Å². The maximum atomic E-state index is 12.0. The number of ketones is 1. The van der Waals surface area contributed by atoms with Crippen molar-refractivity contribution in [3.8, 4) is 0 Å². The van der Waals surface area contributed by atoms with Gasteiger partial charge in [0.15, 0.2) is 12.4 Å². The van der Waals surface area contributed by atoms with E-state index in [4.69, 9.17) is 4.74 Å². The summed E-state index contributed by atoms with van der Waals surface area (Å²) < 4.78 is 5.00. The Kier molecular flexibility index (Phi) is 6.05. The number of aryl methyl sites for hydroxylation is 1. The van der Waals surface area contributed by atoms with Gasteiger partial charge in [-0.25, -0.2) is 0 Å². The minimum Gasteiger partial charge on any atom is -0.457 e. The third-order valence-electron chi connectivity index (χ3n) is 3.09. The lowest BCUT2D eigenvalue weighted by atomic mass is 10.1. The number of carbonyl (C=O) groups is 3. The summed E-state index contributed by atoms with van der Waals surface area (Å²) in [6.45, 7) is 1.14. The van der Waals surface area contributed by atoms with Gasteiger partial charge in [-0.05, 0) is 53.1 Å². The summed E-state index contributed by atoms with van der Waals surface area (Å²) in [6.07, 6.45) is 0.868. The second kappa shape index (κ2) is 8.24. The molecule has 0 saturated heterocycles. The highest BCUT2D eigenvalue weighted by molar-refractivity contribution is 7.07. The van der Waals surface area contributed by atoms with Crippen LogP contribution in [0.5, 0.6) is 0 Å². The van der Waals surface area contributed by atoms with Crippen LogP contribution in [-0.2, 0) is 20.7 Å². The van der Waals surface area contributed by atoms with Gasteiger partial charge in [0.05, 0.1) is 0 Å². The molecule has 0 saturated carbocycles. The highest BCUT2D eigenvalue weighted by atomic mass is 32.1. The van der Waals surface area contributed by atoms with Crippen LogP contribution in [-0.4, -0.2) is 24.3 Å². The lowest BCUT2D eigenvalue weighted by Gasteiger charge is -2.06. The Morgan fingerprint density at radius 1 is 1.13 bits per heavy atom. The zero-order chi connectivity index (χ0) is 16.7. The zero-order valence-electron chi connectivity index (χ0n) is 12.7. The quantitative estimate of drug-likeness (QED) is 0.625. The Morgan fingerprint density at radius 3 is 2.48 bits per heavy atom. The van der Waals surface area contributed by atoms with Crippen LogP contribution < -0.4 is 5.32 Å². The van der Waals surface area contributed by atoms with Crippen LogP contribution in [0.4, 0.5) is 5.69 Å². The molecule has 1 heterocycles. The average Bonchev–Trinajstić information content (AvgIpc) is 3.04. The number of amides is 1. The highest BCUT2D eigenvalue weighted by Crippen LogP contribution is 2.11. The van der Waals surface area contributed by atoms with E-state index >= 15 is 0 Å². The molecule has 23 heavy (non-hydrogen) atoms. The van der Waals surface area contributed by atoms with Gasteiger partial charge in [-0.3, -0.25) is 14.4 Å². The first-order valence-corrected chi connectivity index (χ1v) is 8.06. The van der Waals surface area contributed by atoms with Gasteiger partial charge in [-0.15, -0.1) is 0 Å². The fourth-order valence-corrected chi connectivity index (χ4v) is 2.63. The molecule has 1 amide bonds. The molecule has 0 aliphatic heterocycles. The molecule has 0 bridgehead atoms. The van der Waals surface area contributed by atoms with Crippen LogP contribution in [0.1, 0.15) is 29.3 Å². The molecule has 1 aromatic carbocycles. The topological polar surface area (TPSA) is 72.5 Å². The summed E-state index contributed by atoms with van der Waals surface area (Å²) in [4.78, 5) is 34.5. The molecule has 120 valence electrons. The highest BCUT2D eigenvalue weighted by Gasteiger charge is 2.10. The molecule has 1 N–H and O–H groups in total. The van der Waals surface area contributed by atoms with E-state index in [0.29, 0.717) is 17.7 Å². The van der Waals surface area contributed by atoms with Crippen molar-refractivity contribution in [3.05, 3.63) is 52.2 Å². The van der Waals surface area contributed by atoms with Gasteiger partial charge >= 0.3 is 5.97 Å². The van der Waals surface area contributed by atoms with Gasteiger partial charge in [0.25, 0.3) is 0 Å². The number of esters is 1. The number of rotatable bonds is 7. The molecule has 1 aromatic heterocycles. The Morgan fingerprint density at radius 2 is 1.87 bits per heavy atom. The zero-order valence-corrected chi connectivity index (χ0v) is 13.5. The van der Waals surface area contributed by atoms with Crippen molar-refractivity contribution < 1.29 is 19.1 Å². The largest absolute Gasteiger partial charge is 0.457 e. The number of Topliss-reactive ketones (excluding diaryl/α,β-unsaturated/α-hetero) is 1. The van der Waals surface area contributed by atoms with E-state index in [1.807, 2.05) is 16.8 Å². The summed E-state index contributed by atoms with van der Waals surface area (Å²) in [7, 11) is 0. The van der Waals surface area contributed by atoms with Gasteiger partial charge < -0.3 is 10.1 Å². The third-order valence-corrected chi connectivity index (χ3v) is 3.82. The van der Waals surface area contributed by atoms with E-state index in [9.17, 15) is 14.4 Å². The molecule has 5 nitrogen and oxygen atoms in total. The number of carbonyl (C=O) groups excluding carboxylic acids is 3. The van der Waals surface area contributed by atoms with Crippen LogP contribution in [0.25, 0.3) is 0 Å². The summed E-state index contributed by atoms with van der Waals surface area (Å²) in [5, 5.41) is 6.55. The van der Waals surface area contributed by atoms with E-state index < -0.39 is 0 Å². The molecule has 0 spiro atoms. The van der Waals surface area contributed by atoms with Crippen molar-refractivity contribution in [2.75, 3.05) is 11.9 Å². The number of benzene rings is 1. The fraction of sp³-hybridized carbons (Fsp3) is 0.235. The lowest BCUT2D eigenvalue weighted by molar-refractivity contribution is -0.142. The predicted molar refractivity (Wildman–Crippen MR) is 88.7 cm³/mol. The molecule has 0 aliphatic rings. The first-order chi connectivity index (χ1) is 11.0. The Hall–Kier alpha value is -2.47. The second-order valence-electron chi connectivity index (χ2n) is 4.97. The monoisotopic (exact) mass is 331 g/mol. The van der Waals surface area contributed by atoms with E-state index in [2.05, 4.69) is 5.32 Å². The molecular formula is C17H17NO4S. The van der Waals surface area contributed by atoms with E-state index in [0.717, 1.165) is 5.56 Å². The van der Waals surface area contributed by atoms with E-state index in [1.54, 1.807) is 35.6 Å². The van der Waals surface area contributed by atoms with Crippen LogP contribution in [0, 0.1) is 0 Å². The van der Waals surface area contributed by atoms with Crippen molar-refractivity contribution in [2.24, 2.45) is 0 Å². The molecule has 0 radical (unpaired) electrons. The van der Waals surface area contributed by atoms with Crippen LogP contribution in [0.15, 0.2) is 41.1 Å². The Labute approximate surface area is 138 Å². The second-order valence-corrected chi connectivity index (χ2v) is 5.75. The number of ether oxygens (including phenoxy) is 1. The normalized spacial score (nSPS) is 10.1. The van der Waals surface area contributed by atoms with Gasteiger partial charge in [0.2, 0.25) is 5.91 Å². The molecule has 6 heteroatoms. The van der Waals surface area contributed by atoms with Crippen LogP contribution in [0.2, 0.25) is 0 Å². The van der Waals surface area contributed by atoms with Crippen LogP contribution in [0.3, 0.4) is 0 Å². The smallest absolute Gasteiger partial charge is 0.306 e. The SMILES string of the molecule is CC(=O)Nc1ccc(C(=O)COC(=O)CCc2ccsc2)cc1. The van der Waals surface area contributed by atoms with Gasteiger partial charge in [0.1, 0.15) is 0 Å². The maximum Gasteiger partial charge on any atom is 0.306 e. The molecule has 2 aromatic rings. The number of nitrogens with one attached hydrogen (secondary N) is 1. The van der Waals surface area contributed by atoms with E-state index in [-0.39, 0.29) is 30.7 Å². The van der Waals surface area contributed by atoms with Gasteiger partial charge in [-0.2, -0.15) is 11.3 Å². The van der Waals surface area contributed by atoms with Gasteiger partial charge in [0, 0.05) is 24.6 Å². The Balaban J connectivity index is 1.77. The molecule has 0 atom stereocenters. The predicted octanol–water partition coefficient (Wildman–Crippen LogP) is 3.07. The first-order valence-electron chi connectivity index (χ1n) is 7.12. The van der Waals surface area contributed by atoms with Crippen molar-refractivity contribution in [1.82, 2.24) is 0 Å². The number of anilines is 1. The molecule has 0 fully saturated rings. The Bertz CT molecular complexity index is 677. The standard InChI is InChI=1S/C17H17NO4S/c1-12(19)18-15-5-3-14(4-6-15)16(20)10-22-17(21)7-2-13-8-9-23-11-13/h3-6,8-9,11H,2,7,10H2,1H3,(H,18,19). The minimum atomic E-state index is -0.389. The number of hydrogen-bond donors (Lipinski definition) is 1. The summed E-state index contributed by atoms with van der Waals surface area (Å²) in [5.74, 6) is -0.841. The molecule has 0 unspecified atom stereocenters. The number of hydrogen-bond acceptors (Lipinski definition) is 5.